The van der Waals surface area contributed by atoms with Gasteiger partial charge < -0.3 is 10.2 Å². The van der Waals surface area contributed by atoms with Gasteiger partial charge in [0.05, 0.1) is 5.56 Å². The molecule has 0 amide bonds. The Morgan fingerprint density at radius 1 is 1.00 bits per heavy atom. The molecule has 1 aromatic carbocycles. The summed E-state index contributed by atoms with van der Waals surface area (Å²) in [6, 6.07) is 4.76. The maximum atomic E-state index is 12.6. The van der Waals surface area contributed by atoms with Gasteiger partial charge in [0, 0.05) is 31.2 Å². The van der Waals surface area contributed by atoms with Gasteiger partial charge in [-0.05, 0) is 24.3 Å². The van der Waals surface area contributed by atoms with E-state index in [1.807, 2.05) is 4.90 Å². The molecule has 6 nitrogen and oxygen atoms in total. The number of nitrogens with one attached hydrogen (secondary N) is 1. The number of piperazine rings is 1. The zero-order valence-corrected chi connectivity index (χ0v) is 13.2. The average molecular weight is 348 g/mol. The first kappa shape index (κ1) is 16.8. The molecule has 1 fully saturated rings. The summed E-state index contributed by atoms with van der Waals surface area (Å²) in [6.45, 7) is 9.48. The predicted octanol–water partition coefficient (Wildman–Crippen LogP) is 3.20. The zero-order valence-electron chi connectivity index (χ0n) is 13.2. The van der Waals surface area contributed by atoms with E-state index in [-0.39, 0.29) is 0 Å². The van der Waals surface area contributed by atoms with E-state index < -0.39 is 11.7 Å². The number of anilines is 3. The Kier molecular flexibility index (Phi) is 4.61. The van der Waals surface area contributed by atoms with Crippen molar-refractivity contribution in [1.29, 1.82) is 0 Å². The quantitative estimate of drug-likeness (QED) is 0.864. The monoisotopic (exact) mass is 348 g/mol. The van der Waals surface area contributed by atoms with Crippen LogP contribution in [0.2, 0.25) is 0 Å². The predicted molar refractivity (Wildman–Crippen MR) is 87.1 cm³/mol. The maximum Gasteiger partial charge on any atom is 0.416 e. The number of benzene rings is 1. The molecule has 1 aliphatic rings. The van der Waals surface area contributed by atoms with E-state index in [2.05, 4.69) is 20.2 Å². The second-order valence-electron chi connectivity index (χ2n) is 5.47. The molecule has 0 spiro atoms. The Balaban J connectivity index is 1.77. The van der Waals surface area contributed by atoms with Crippen LogP contribution in [0.15, 0.2) is 36.7 Å². The van der Waals surface area contributed by atoms with Gasteiger partial charge in [0.15, 0.2) is 11.6 Å². The lowest BCUT2D eigenvalue weighted by atomic mass is 10.2. The summed E-state index contributed by atoms with van der Waals surface area (Å²) in [5.74, 6) is 1.09. The molecule has 3 rings (SSSR count). The van der Waals surface area contributed by atoms with Crippen molar-refractivity contribution in [3.05, 3.63) is 53.7 Å². The van der Waals surface area contributed by atoms with Gasteiger partial charge in [-0.25, -0.2) is 9.97 Å². The van der Waals surface area contributed by atoms with Crippen molar-refractivity contribution < 1.29 is 13.2 Å². The number of nitrogens with zero attached hydrogens (tertiary/aromatic N) is 5. The molecule has 130 valence electrons. The van der Waals surface area contributed by atoms with Gasteiger partial charge in [0.2, 0.25) is 0 Å². The highest BCUT2D eigenvalue weighted by Gasteiger charge is 2.30. The zero-order chi connectivity index (χ0) is 17.9. The molecule has 1 aromatic heterocycles. The van der Waals surface area contributed by atoms with Crippen LogP contribution in [-0.4, -0.2) is 41.2 Å². The van der Waals surface area contributed by atoms with Crippen LogP contribution in [0.25, 0.3) is 4.95 Å². The summed E-state index contributed by atoms with van der Waals surface area (Å²) in [5.41, 5.74) is -0.206. The summed E-state index contributed by atoms with van der Waals surface area (Å²) in [4.78, 5) is 14.0. The molecule has 25 heavy (non-hydrogen) atoms. The minimum absolute atomic E-state index is 0.471. The van der Waals surface area contributed by atoms with E-state index in [0.29, 0.717) is 43.5 Å². The van der Waals surface area contributed by atoms with Crippen LogP contribution in [0.1, 0.15) is 5.56 Å². The Bertz CT molecular complexity index is 761. The van der Waals surface area contributed by atoms with Gasteiger partial charge in [-0.1, -0.05) is 0 Å². The number of hydrogen-bond donors (Lipinski definition) is 1. The first-order valence-electron chi connectivity index (χ1n) is 7.60. The van der Waals surface area contributed by atoms with Crippen molar-refractivity contribution in [2.24, 2.45) is 0 Å². The topological polar surface area (TPSA) is 48.7 Å². The van der Waals surface area contributed by atoms with Crippen molar-refractivity contribution in [3.8, 4) is 0 Å². The Morgan fingerprint density at radius 2 is 1.64 bits per heavy atom. The molecule has 0 saturated carbocycles. The molecular formula is C16H15F3N6. The highest BCUT2D eigenvalue weighted by molar-refractivity contribution is 5.68. The van der Waals surface area contributed by atoms with E-state index in [1.165, 1.54) is 18.3 Å². The average Bonchev–Trinajstić information content (AvgIpc) is 2.62. The lowest BCUT2D eigenvalue weighted by molar-refractivity contribution is -0.137. The molecule has 1 saturated heterocycles. The maximum absolute atomic E-state index is 12.6. The first-order chi connectivity index (χ1) is 12.0. The van der Waals surface area contributed by atoms with Crippen LogP contribution in [-0.2, 0) is 6.18 Å². The van der Waals surface area contributed by atoms with Gasteiger partial charge in [-0.2, -0.15) is 24.7 Å². The molecule has 0 bridgehead atoms. The molecule has 0 atom stereocenters. The molecular weight excluding hydrogens is 333 g/mol. The van der Waals surface area contributed by atoms with Crippen LogP contribution in [0.4, 0.5) is 30.5 Å². The Labute approximate surface area is 142 Å². The van der Waals surface area contributed by atoms with Crippen LogP contribution >= 0.6 is 0 Å². The van der Waals surface area contributed by atoms with Crippen LogP contribution in [0.5, 0.6) is 0 Å². The summed E-state index contributed by atoms with van der Waals surface area (Å²) < 4.78 is 37.9. The number of halogens is 3. The summed E-state index contributed by atoms with van der Waals surface area (Å²) in [6.07, 6.45) is -1.28. The fourth-order valence-electron chi connectivity index (χ4n) is 2.54. The third kappa shape index (κ3) is 3.91. The molecule has 9 heteroatoms. The third-order valence-electron chi connectivity index (χ3n) is 3.85. The summed E-state index contributed by atoms with van der Waals surface area (Å²) >= 11 is 0. The van der Waals surface area contributed by atoms with Gasteiger partial charge in [0.1, 0.15) is 13.1 Å². The lowest BCUT2D eigenvalue weighted by Crippen LogP contribution is -2.44. The van der Waals surface area contributed by atoms with E-state index in [9.17, 15) is 13.2 Å². The molecule has 0 radical (unpaired) electrons. The van der Waals surface area contributed by atoms with Crippen LogP contribution < -0.4 is 10.2 Å². The number of aromatic nitrogens is 2. The smallest absolute Gasteiger partial charge is 0.349 e. The molecule has 2 aromatic rings. The molecule has 0 unspecified atom stereocenters. The van der Waals surface area contributed by atoms with Crippen molar-refractivity contribution >= 4 is 17.3 Å². The molecule has 0 aliphatic carbocycles. The summed E-state index contributed by atoms with van der Waals surface area (Å²) in [5, 5.41) is 4.67. The SMILES string of the molecule is [C-]#[N+]N1CCN(c2nccnc2Nc2ccc(C(F)(F)F)cc2)CC1. The van der Waals surface area contributed by atoms with Crippen molar-refractivity contribution in [2.75, 3.05) is 36.4 Å². The number of hydrogen-bond acceptors (Lipinski definition) is 5. The fraction of sp³-hybridized carbons (Fsp3) is 0.312. The molecule has 2 heterocycles. The number of alkyl halides is 3. The Morgan fingerprint density at radius 3 is 2.24 bits per heavy atom. The van der Waals surface area contributed by atoms with Crippen LogP contribution in [0, 0.1) is 6.57 Å². The standard InChI is InChI=1S/C16H15F3N6/c1-20-25-10-8-24(9-11-25)15-14(21-6-7-22-15)23-13-4-2-12(3-5-13)16(17,18)19/h2-7H,8-11H2,(H,21,23). The summed E-state index contributed by atoms with van der Waals surface area (Å²) in [7, 11) is 0. The minimum atomic E-state index is -4.36. The highest BCUT2D eigenvalue weighted by atomic mass is 19.4. The normalized spacial score (nSPS) is 15.0. The van der Waals surface area contributed by atoms with Crippen molar-refractivity contribution in [2.45, 2.75) is 6.18 Å². The van der Waals surface area contributed by atoms with E-state index in [1.54, 1.807) is 11.2 Å². The van der Waals surface area contributed by atoms with E-state index in [4.69, 9.17) is 6.57 Å². The van der Waals surface area contributed by atoms with E-state index >= 15 is 0 Å². The fourth-order valence-corrected chi connectivity index (χ4v) is 2.54. The van der Waals surface area contributed by atoms with Gasteiger partial charge >= 0.3 is 6.18 Å². The largest absolute Gasteiger partial charge is 0.416 e. The van der Waals surface area contributed by atoms with Crippen molar-refractivity contribution in [3.63, 3.8) is 0 Å². The first-order valence-corrected chi connectivity index (χ1v) is 7.60. The Hall–Kier alpha value is -3.02. The van der Waals surface area contributed by atoms with E-state index in [0.717, 1.165) is 12.1 Å². The second kappa shape index (κ2) is 6.84. The molecule has 1 aliphatic heterocycles. The molecule has 1 N–H and O–H groups in total. The lowest BCUT2D eigenvalue weighted by Gasteiger charge is -2.30. The van der Waals surface area contributed by atoms with Gasteiger partial charge in [0.25, 0.3) is 0 Å². The van der Waals surface area contributed by atoms with Gasteiger partial charge in [-0.15, -0.1) is 5.01 Å². The van der Waals surface area contributed by atoms with Crippen LogP contribution in [0.3, 0.4) is 0 Å². The number of rotatable bonds is 3. The highest BCUT2D eigenvalue weighted by Crippen LogP contribution is 2.31. The second-order valence-corrected chi connectivity index (χ2v) is 5.47. The van der Waals surface area contributed by atoms with Crippen molar-refractivity contribution in [1.82, 2.24) is 15.0 Å². The third-order valence-corrected chi connectivity index (χ3v) is 3.85. The van der Waals surface area contributed by atoms with Gasteiger partial charge in [-0.3, -0.25) is 0 Å². The minimum Gasteiger partial charge on any atom is -0.349 e.